The van der Waals surface area contributed by atoms with Gasteiger partial charge in [-0.2, -0.15) is 0 Å². The SMILES string of the molecule is CCN1CCCCC1C#CN=C=O. The first-order valence-corrected chi connectivity index (χ1v) is 4.70. The van der Waals surface area contributed by atoms with Crippen LogP contribution in [0.1, 0.15) is 26.2 Å². The highest BCUT2D eigenvalue weighted by molar-refractivity contribution is 5.36. The Morgan fingerprint density at radius 1 is 1.54 bits per heavy atom. The van der Waals surface area contributed by atoms with Crippen molar-refractivity contribution in [1.29, 1.82) is 0 Å². The van der Waals surface area contributed by atoms with Gasteiger partial charge in [-0.25, -0.2) is 4.79 Å². The van der Waals surface area contributed by atoms with E-state index in [1.807, 2.05) is 0 Å². The molecule has 0 amide bonds. The summed E-state index contributed by atoms with van der Waals surface area (Å²) in [5.74, 6) is 2.97. The highest BCUT2D eigenvalue weighted by atomic mass is 16.1. The molecule has 0 aromatic heterocycles. The van der Waals surface area contributed by atoms with Gasteiger partial charge in [-0.1, -0.05) is 12.8 Å². The maximum Gasteiger partial charge on any atom is 0.249 e. The number of isocyanates is 1. The van der Waals surface area contributed by atoms with Gasteiger partial charge >= 0.3 is 0 Å². The van der Waals surface area contributed by atoms with Crippen LogP contribution in [-0.2, 0) is 4.79 Å². The lowest BCUT2D eigenvalue weighted by Gasteiger charge is -2.30. The molecule has 0 radical (unpaired) electrons. The Morgan fingerprint density at radius 2 is 2.38 bits per heavy atom. The molecule has 0 bridgehead atoms. The smallest absolute Gasteiger partial charge is 0.249 e. The molecule has 0 aromatic rings. The summed E-state index contributed by atoms with van der Waals surface area (Å²) in [5.41, 5.74) is 0. The number of nitrogens with zero attached hydrogens (tertiary/aromatic N) is 2. The van der Waals surface area contributed by atoms with Crippen LogP contribution in [0, 0.1) is 12.0 Å². The number of aliphatic imine (C=N–C) groups is 1. The van der Waals surface area contributed by atoms with Gasteiger partial charge in [0.1, 0.15) is 0 Å². The Kier molecular flexibility index (Phi) is 4.25. The molecule has 1 rings (SSSR count). The molecule has 0 aromatic carbocycles. The molecule has 0 spiro atoms. The zero-order valence-corrected chi connectivity index (χ0v) is 7.92. The number of piperidine rings is 1. The van der Waals surface area contributed by atoms with Crippen molar-refractivity contribution in [2.24, 2.45) is 4.99 Å². The molecular formula is C10H14N2O. The van der Waals surface area contributed by atoms with Crippen molar-refractivity contribution in [3.05, 3.63) is 0 Å². The normalized spacial score (nSPS) is 22.7. The van der Waals surface area contributed by atoms with Crippen molar-refractivity contribution in [3.63, 3.8) is 0 Å². The van der Waals surface area contributed by atoms with Gasteiger partial charge in [0.25, 0.3) is 0 Å². The van der Waals surface area contributed by atoms with Gasteiger partial charge in [0.05, 0.1) is 6.04 Å². The van der Waals surface area contributed by atoms with Gasteiger partial charge in [0.2, 0.25) is 6.08 Å². The Hall–Kier alpha value is -1.10. The third kappa shape index (κ3) is 3.02. The lowest BCUT2D eigenvalue weighted by Crippen LogP contribution is -2.38. The lowest BCUT2D eigenvalue weighted by molar-refractivity contribution is 0.196. The van der Waals surface area contributed by atoms with Gasteiger partial charge in [0.15, 0.2) is 0 Å². The van der Waals surface area contributed by atoms with E-state index in [9.17, 15) is 4.79 Å². The van der Waals surface area contributed by atoms with Crippen LogP contribution in [0.3, 0.4) is 0 Å². The van der Waals surface area contributed by atoms with Gasteiger partial charge in [-0.05, 0) is 32.4 Å². The highest BCUT2D eigenvalue weighted by Gasteiger charge is 2.18. The zero-order chi connectivity index (χ0) is 9.52. The predicted molar refractivity (Wildman–Crippen MR) is 50.8 cm³/mol. The monoisotopic (exact) mass is 178 g/mol. The maximum atomic E-state index is 9.79. The number of hydrogen-bond acceptors (Lipinski definition) is 3. The minimum atomic E-state index is 0.288. The molecule has 13 heavy (non-hydrogen) atoms. The first kappa shape index (κ1) is 9.98. The molecule has 1 aliphatic rings. The molecule has 1 fully saturated rings. The second-order valence-electron chi connectivity index (χ2n) is 3.10. The van der Waals surface area contributed by atoms with Gasteiger partial charge < -0.3 is 0 Å². The Morgan fingerprint density at radius 3 is 3.08 bits per heavy atom. The molecule has 1 heterocycles. The van der Waals surface area contributed by atoms with E-state index in [2.05, 4.69) is 28.8 Å². The molecule has 3 nitrogen and oxygen atoms in total. The summed E-state index contributed by atoms with van der Waals surface area (Å²) in [5, 5.41) is 0. The van der Waals surface area contributed by atoms with Gasteiger partial charge in [-0.15, -0.1) is 4.99 Å². The molecule has 1 unspecified atom stereocenters. The van der Waals surface area contributed by atoms with E-state index in [0.717, 1.165) is 19.5 Å². The van der Waals surface area contributed by atoms with Crippen LogP contribution in [0.15, 0.2) is 4.99 Å². The standard InChI is InChI=1S/C10H14N2O/c1-2-12-8-4-3-5-10(12)6-7-11-9-13/h10H,2-5,8H2,1H3. The van der Waals surface area contributed by atoms with Crippen molar-refractivity contribution < 1.29 is 4.79 Å². The Bertz CT molecular complexity index is 258. The summed E-state index contributed by atoms with van der Waals surface area (Å²) < 4.78 is 0. The predicted octanol–water partition coefficient (Wildman–Crippen LogP) is 1.16. The van der Waals surface area contributed by atoms with E-state index in [4.69, 9.17) is 0 Å². The third-order valence-corrected chi connectivity index (χ3v) is 2.35. The summed E-state index contributed by atoms with van der Waals surface area (Å²) in [6.07, 6.45) is 4.99. The second kappa shape index (κ2) is 5.53. The zero-order valence-electron chi connectivity index (χ0n) is 7.92. The van der Waals surface area contributed by atoms with E-state index >= 15 is 0 Å². The van der Waals surface area contributed by atoms with Gasteiger partial charge in [0, 0.05) is 6.04 Å². The fourth-order valence-electron chi connectivity index (χ4n) is 1.66. The molecule has 1 saturated heterocycles. The van der Waals surface area contributed by atoms with Crippen LogP contribution < -0.4 is 0 Å². The topological polar surface area (TPSA) is 32.7 Å². The summed E-state index contributed by atoms with van der Waals surface area (Å²) in [7, 11) is 0. The van der Waals surface area contributed by atoms with Gasteiger partial charge in [-0.3, -0.25) is 4.90 Å². The average molecular weight is 178 g/mol. The van der Waals surface area contributed by atoms with Crippen LogP contribution in [0.2, 0.25) is 0 Å². The van der Waals surface area contributed by atoms with Crippen LogP contribution in [0.5, 0.6) is 0 Å². The summed E-state index contributed by atoms with van der Waals surface area (Å²) in [6.45, 7) is 4.26. The number of rotatable bonds is 1. The highest BCUT2D eigenvalue weighted by Crippen LogP contribution is 2.15. The van der Waals surface area contributed by atoms with Crippen molar-refractivity contribution >= 4 is 6.08 Å². The number of likely N-dealkylation sites (tertiary alicyclic amines) is 1. The van der Waals surface area contributed by atoms with Crippen LogP contribution in [0.25, 0.3) is 0 Å². The quantitative estimate of drug-likeness (QED) is 0.343. The Balaban J connectivity index is 2.55. The fourth-order valence-corrected chi connectivity index (χ4v) is 1.66. The van der Waals surface area contributed by atoms with Crippen LogP contribution >= 0.6 is 0 Å². The first-order valence-electron chi connectivity index (χ1n) is 4.70. The van der Waals surface area contributed by atoms with Crippen LogP contribution in [-0.4, -0.2) is 30.1 Å². The molecule has 3 heteroatoms. The van der Waals surface area contributed by atoms with E-state index in [0.29, 0.717) is 0 Å². The van der Waals surface area contributed by atoms with E-state index in [1.54, 1.807) is 0 Å². The number of carbonyl (C=O) groups excluding carboxylic acids is 1. The van der Waals surface area contributed by atoms with Crippen molar-refractivity contribution in [3.8, 4) is 12.0 Å². The minimum Gasteiger partial charge on any atom is -0.290 e. The minimum absolute atomic E-state index is 0.288. The van der Waals surface area contributed by atoms with Crippen molar-refractivity contribution in [2.45, 2.75) is 32.2 Å². The lowest BCUT2D eigenvalue weighted by atomic mass is 10.0. The maximum absolute atomic E-state index is 9.79. The van der Waals surface area contributed by atoms with E-state index < -0.39 is 0 Å². The average Bonchev–Trinajstić information content (AvgIpc) is 2.19. The summed E-state index contributed by atoms with van der Waals surface area (Å²) in [6, 6.07) is 2.77. The second-order valence-corrected chi connectivity index (χ2v) is 3.10. The first-order chi connectivity index (χ1) is 6.38. The van der Waals surface area contributed by atoms with Crippen LogP contribution in [0.4, 0.5) is 0 Å². The van der Waals surface area contributed by atoms with E-state index in [1.165, 1.54) is 18.9 Å². The summed E-state index contributed by atoms with van der Waals surface area (Å²) >= 11 is 0. The molecule has 0 saturated carbocycles. The molecule has 1 aliphatic heterocycles. The molecule has 0 aliphatic carbocycles. The third-order valence-electron chi connectivity index (χ3n) is 2.35. The fraction of sp³-hybridized carbons (Fsp3) is 0.700. The van der Waals surface area contributed by atoms with E-state index in [-0.39, 0.29) is 6.04 Å². The van der Waals surface area contributed by atoms with Crippen molar-refractivity contribution in [1.82, 2.24) is 4.90 Å². The summed E-state index contributed by atoms with van der Waals surface area (Å²) in [4.78, 5) is 15.3. The molecule has 70 valence electrons. The molecule has 0 N–H and O–H groups in total. The van der Waals surface area contributed by atoms with Crippen molar-refractivity contribution in [2.75, 3.05) is 13.1 Å². The molecular weight excluding hydrogens is 164 g/mol. The number of hydrogen-bond donors (Lipinski definition) is 0. The largest absolute Gasteiger partial charge is 0.290 e. The molecule has 1 atom stereocenters. The Labute approximate surface area is 78.8 Å².